The molecule has 0 saturated carbocycles. The van der Waals surface area contributed by atoms with Crippen LogP contribution in [-0.4, -0.2) is 30.7 Å². The van der Waals surface area contributed by atoms with Crippen LogP contribution in [0.2, 0.25) is 0 Å². The second kappa shape index (κ2) is 5.89. The van der Waals surface area contributed by atoms with Crippen LogP contribution in [0.5, 0.6) is 0 Å². The van der Waals surface area contributed by atoms with Gasteiger partial charge in [0.05, 0.1) is 0 Å². The topological polar surface area (TPSA) is 80.0 Å². The molecule has 0 unspecified atom stereocenters. The predicted octanol–water partition coefficient (Wildman–Crippen LogP) is 1.84. The number of rotatable bonds is 5. The molecule has 0 aliphatic rings. The Morgan fingerprint density at radius 3 is 2.67 bits per heavy atom. The fourth-order valence-corrected chi connectivity index (χ4v) is 1.93. The number of amides is 1. The molecule has 1 heterocycles. The van der Waals surface area contributed by atoms with Crippen LogP contribution in [0.25, 0.3) is 0 Å². The third kappa shape index (κ3) is 4.40. The van der Waals surface area contributed by atoms with Crippen LogP contribution in [0.1, 0.15) is 22.5 Å². The summed E-state index contributed by atoms with van der Waals surface area (Å²) in [5.41, 5.74) is 5.51. The summed E-state index contributed by atoms with van der Waals surface area (Å²) < 4.78 is 35.6. The number of thiazole rings is 1. The molecule has 0 saturated heterocycles. The number of halogens is 3. The van der Waals surface area contributed by atoms with Crippen molar-refractivity contribution in [2.75, 3.05) is 24.6 Å². The van der Waals surface area contributed by atoms with Crippen molar-refractivity contribution in [2.45, 2.75) is 19.0 Å². The molecule has 0 aliphatic heterocycles. The largest absolute Gasteiger partial charge is 0.389 e. The molecule has 9 heteroatoms. The van der Waals surface area contributed by atoms with E-state index in [2.05, 4.69) is 15.6 Å². The monoisotopic (exact) mass is 282 g/mol. The van der Waals surface area contributed by atoms with Crippen molar-refractivity contribution in [3.8, 4) is 0 Å². The maximum Gasteiger partial charge on any atom is 0.389 e. The first kappa shape index (κ1) is 14.6. The van der Waals surface area contributed by atoms with Crippen molar-refractivity contribution in [1.29, 1.82) is 0 Å². The number of nitrogens with two attached hydrogens (primary N) is 1. The van der Waals surface area contributed by atoms with E-state index in [9.17, 15) is 18.0 Å². The fraction of sp³-hybridized carbons (Fsp3) is 0.556. The van der Waals surface area contributed by atoms with Gasteiger partial charge in [-0.3, -0.25) is 4.79 Å². The summed E-state index contributed by atoms with van der Waals surface area (Å²) in [4.78, 5) is 15.7. The molecule has 0 fully saturated rings. The highest BCUT2D eigenvalue weighted by molar-refractivity contribution is 7.18. The maximum absolute atomic E-state index is 11.9. The number of nitrogens with one attached hydrogen (secondary N) is 2. The van der Waals surface area contributed by atoms with Crippen molar-refractivity contribution in [2.24, 2.45) is 0 Å². The molecule has 1 amide bonds. The summed E-state index contributed by atoms with van der Waals surface area (Å²) in [7, 11) is 1.63. The number of carbonyl (C=O) groups is 1. The van der Waals surface area contributed by atoms with E-state index in [1.165, 1.54) is 0 Å². The molecular weight excluding hydrogens is 269 g/mol. The number of alkyl halides is 3. The van der Waals surface area contributed by atoms with E-state index in [1.54, 1.807) is 7.05 Å². The number of hydrogen-bond donors (Lipinski definition) is 3. The van der Waals surface area contributed by atoms with E-state index >= 15 is 0 Å². The van der Waals surface area contributed by atoms with Crippen LogP contribution < -0.4 is 16.4 Å². The lowest BCUT2D eigenvalue weighted by Crippen LogP contribution is -2.25. The molecule has 18 heavy (non-hydrogen) atoms. The number of aromatic nitrogens is 1. The summed E-state index contributed by atoms with van der Waals surface area (Å²) >= 11 is 1.05. The van der Waals surface area contributed by atoms with Gasteiger partial charge in [0.15, 0.2) is 5.13 Å². The molecule has 1 rings (SSSR count). The van der Waals surface area contributed by atoms with Crippen LogP contribution in [-0.2, 0) is 0 Å². The van der Waals surface area contributed by atoms with Gasteiger partial charge in [0.25, 0.3) is 5.91 Å². The Bertz CT molecular complexity index is 418. The molecular formula is C9H13F3N4OS. The number of anilines is 2. The molecule has 4 N–H and O–H groups in total. The van der Waals surface area contributed by atoms with Crippen LogP contribution in [0.15, 0.2) is 0 Å². The van der Waals surface area contributed by atoms with Gasteiger partial charge in [-0.05, 0) is 6.42 Å². The Morgan fingerprint density at radius 2 is 2.17 bits per heavy atom. The number of nitrogen functional groups attached to an aromatic ring is 1. The normalized spacial score (nSPS) is 11.3. The second-order valence-corrected chi connectivity index (χ2v) is 4.46. The van der Waals surface area contributed by atoms with E-state index in [4.69, 9.17) is 5.73 Å². The average molecular weight is 282 g/mol. The summed E-state index contributed by atoms with van der Waals surface area (Å²) in [5, 5.41) is 5.58. The maximum atomic E-state index is 11.9. The van der Waals surface area contributed by atoms with Crippen LogP contribution >= 0.6 is 11.3 Å². The minimum Gasteiger partial charge on any atom is -0.382 e. The first-order valence-corrected chi connectivity index (χ1v) is 5.94. The molecule has 1 aromatic heterocycles. The summed E-state index contributed by atoms with van der Waals surface area (Å²) in [5.74, 6) is -0.439. The van der Waals surface area contributed by atoms with Gasteiger partial charge in [-0.25, -0.2) is 4.98 Å². The van der Waals surface area contributed by atoms with Crippen molar-refractivity contribution >= 4 is 28.2 Å². The van der Waals surface area contributed by atoms with E-state index in [1.807, 2.05) is 0 Å². The van der Waals surface area contributed by atoms with Gasteiger partial charge in [-0.2, -0.15) is 13.2 Å². The molecule has 0 radical (unpaired) electrons. The number of carbonyl (C=O) groups excluding carboxylic acids is 1. The fourth-order valence-electron chi connectivity index (χ4n) is 1.17. The molecule has 5 nitrogen and oxygen atoms in total. The van der Waals surface area contributed by atoms with Crippen LogP contribution in [0.4, 0.5) is 24.1 Å². The minimum atomic E-state index is -4.20. The average Bonchev–Trinajstić information content (AvgIpc) is 2.64. The van der Waals surface area contributed by atoms with Crippen molar-refractivity contribution < 1.29 is 18.0 Å². The third-order valence-corrected chi connectivity index (χ3v) is 3.08. The Labute approximate surface area is 106 Å². The van der Waals surface area contributed by atoms with Gasteiger partial charge in [0, 0.05) is 20.0 Å². The lowest BCUT2D eigenvalue weighted by molar-refractivity contribution is -0.135. The zero-order valence-corrected chi connectivity index (χ0v) is 10.4. The highest BCUT2D eigenvalue weighted by Gasteiger charge is 2.26. The molecule has 0 aliphatic carbocycles. The molecule has 0 aromatic carbocycles. The van der Waals surface area contributed by atoms with Gasteiger partial charge in [-0.15, -0.1) is 0 Å². The van der Waals surface area contributed by atoms with Crippen LogP contribution in [0.3, 0.4) is 0 Å². The van der Waals surface area contributed by atoms with Gasteiger partial charge in [0.1, 0.15) is 10.7 Å². The van der Waals surface area contributed by atoms with Gasteiger partial charge in [-0.1, -0.05) is 11.3 Å². The van der Waals surface area contributed by atoms with Gasteiger partial charge >= 0.3 is 6.18 Å². The lowest BCUT2D eigenvalue weighted by atomic mass is 10.3. The summed E-state index contributed by atoms with van der Waals surface area (Å²) in [6.45, 7) is -0.0510. The highest BCUT2D eigenvalue weighted by atomic mass is 32.1. The Morgan fingerprint density at radius 1 is 1.50 bits per heavy atom. The van der Waals surface area contributed by atoms with E-state index in [0.29, 0.717) is 5.13 Å². The molecule has 0 bridgehead atoms. The molecule has 0 spiro atoms. The van der Waals surface area contributed by atoms with E-state index in [-0.39, 0.29) is 23.7 Å². The van der Waals surface area contributed by atoms with Gasteiger partial charge < -0.3 is 16.4 Å². The third-order valence-electron chi connectivity index (χ3n) is 2.00. The summed E-state index contributed by atoms with van der Waals surface area (Å²) in [6, 6.07) is 0. The highest BCUT2D eigenvalue weighted by Crippen LogP contribution is 2.24. The van der Waals surface area contributed by atoms with Gasteiger partial charge in [0.2, 0.25) is 0 Å². The van der Waals surface area contributed by atoms with Crippen molar-refractivity contribution in [3.63, 3.8) is 0 Å². The SMILES string of the molecule is CNc1nc(N)c(C(=O)NCCCC(F)(F)F)s1. The zero-order chi connectivity index (χ0) is 13.8. The van der Waals surface area contributed by atoms with Crippen molar-refractivity contribution in [3.05, 3.63) is 4.88 Å². The number of hydrogen-bond acceptors (Lipinski definition) is 5. The smallest absolute Gasteiger partial charge is 0.382 e. The Kier molecular flexibility index (Phi) is 4.76. The molecule has 1 aromatic rings. The predicted molar refractivity (Wildman–Crippen MR) is 63.7 cm³/mol. The standard InChI is InChI=1S/C9H13F3N4OS/c1-14-8-16-6(13)5(18-8)7(17)15-4-2-3-9(10,11)12/h2-4,13H2,1H3,(H,14,16)(H,15,17). The van der Waals surface area contributed by atoms with Crippen LogP contribution in [0, 0.1) is 0 Å². The zero-order valence-electron chi connectivity index (χ0n) is 9.60. The minimum absolute atomic E-state index is 0.0510. The second-order valence-electron chi connectivity index (χ2n) is 3.46. The Balaban J connectivity index is 2.43. The first-order valence-electron chi connectivity index (χ1n) is 5.12. The quantitative estimate of drug-likeness (QED) is 0.720. The van der Waals surface area contributed by atoms with E-state index in [0.717, 1.165) is 11.3 Å². The lowest BCUT2D eigenvalue weighted by Gasteiger charge is -2.06. The number of nitrogens with zero attached hydrogens (tertiary/aromatic N) is 1. The molecule has 102 valence electrons. The van der Waals surface area contributed by atoms with Crippen molar-refractivity contribution in [1.82, 2.24) is 10.3 Å². The summed E-state index contributed by atoms with van der Waals surface area (Å²) in [6.07, 6.45) is -5.28. The first-order chi connectivity index (χ1) is 8.33. The Hall–Kier alpha value is -1.51. The molecule has 0 atom stereocenters. The van der Waals surface area contributed by atoms with E-state index < -0.39 is 18.5 Å².